The first-order chi connectivity index (χ1) is 4.39. The summed E-state index contributed by atoms with van der Waals surface area (Å²) in [6.07, 6.45) is 0.970. The average Bonchev–Trinajstić information content (AvgIpc) is 1.83. The number of allylic oxidation sites excluding steroid dienone is 1. The van der Waals surface area contributed by atoms with Crippen molar-refractivity contribution in [3.8, 4) is 0 Å². The van der Waals surface area contributed by atoms with Gasteiger partial charge in [-0.1, -0.05) is 39.8 Å². The van der Waals surface area contributed by atoms with Gasteiger partial charge in [0.25, 0.3) is 0 Å². The quantitative estimate of drug-likeness (QED) is 0.428. The van der Waals surface area contributed by atoms with Crippen molar-refractivity contribution in [1.29, 1.82) is 0 Å². The maximum Gasteiger partial charge on any atom is 0.0545 e. The maximum atomic E-state index is 6.00. The Morgan fingerprint density at radius 2 is 1.90 bits per heavy atom. The van der Waals surface area contributed by atoms with Gasteiger partial charge in [0.1, 0.15) is 0 Å². The first-order valence-electron chi connectivity index (χ1n) is 3.73. The zero-order valence-corrected chi connectivity index (χ0v) is 8.13. The van der Waals surface area contributed by atoms with Crippen LogP contribution in [-0.4, -0.2) is 5.38 Å². The Bertz CT molecular complexity index is 119. The first-order valence-corrected chi connectivity index (χ1v) is 4.16. The van der Waals surface area contributed by atoms with Crippen LogP contribution in [0.5, 0.6) is 0 Å². The van der Waals surface area contributed by atoms with Gasteiger partial charge in [0.2, 0.25) is 0 Å². The smallest absolute Gasteiger partial charge is 0.0545 e. The molecule has 0 aromatic heterocycles. The van der Waals surface area contributed by atoms with Crippen molar-refractivity contribution >= 4 is 11.6 Å². The van der Waals surface area contributed by atoms with Crippen molar-refractivity contribution in [2.45, 2.75) is 39.5 Å². The van der Waals surface area contributed by atoms with E-state index in [1.165, 1.54) is 0 Å². The van der Waals surface area contributed by atoms with E-state index in [-0.39, 0.29) is 10.8 Å². The topological polar surface area (TPSA) is 0 Å². The third-order valence-corrected chi connectivity index (χ3v) is 2.27. The van der Waals surface area contributed by atoms with Crippen molar-refractivity contribution in [3.05, 3.63) is 12.2 Å². The Balaban J connectivity index is 4.09. The second kappa shape index (κ2) is 3.43. The molecule has 1 heteroatoms. The van der Waals surface area contributed by atoms with Gasteiger partial charge < -0.3 is 0 Å². The molecule has 1 unspecified atom stereocenters. The molecule has 0 nitrogen and oxygen atoms in total. The van der Waals surface area contributed by atoms with Gasteiger partial charge in [-0.2, -0.15) is 0 Å². The van der Waals surface area contributed by atoms with Gasteiger partial charge in [-0.05, 0) is 11.8 Å². The van der Waals surface area contributed by atoms with Crippen molar-refractivity contribution < 1.29 is 0 Å². The number of halogens is 1. The summed E-state index contributed by atoms with van der Waals surface area (Å²) in [6.45, 7) is 12.5. The van der Waals surface area contributed by atoms with Crippen molar-refractivity contribution in [2.24, 2.45) is 5.41 Å². The predicted molar refractivity (Wildman–Crippen MR) is 48.5 cm³/mol. The molecule has 0 aromatic carbocycles. The van der Waals surface area contributed by atoms with Crippen LogP contribution in [0.3, 0.4) is 0 Å². The van der Waals surface area contributed by atoms with Crippen LogP contribution in [0.25, 0.3) is 0 Å². The molecule has 0 heterocycles. The molecule has 1 atom stereocenters. The molecule has 0 bridgehead atoms. The molecule has 10 heavy (non-hydrogen) atoms. The van der Waals surface area contributed by atoms with E-state index in [2.05, 4.69) is 34.3 Å². The fourth-order valence-electron chi connectivity index (χ4n) is 0.716. The van der Waals surface area contributed by atoms with Gasteiger partial charge in [-0.3, -0.25) is 0 Å². The van der Waals surface area contributed by atoms with E-state index in [0.29, 0.717) is 0 Å². The largest absolute Gasteiger partial charge is 0.118 e. The Kier molecular flexibility index (Phi) is 3.44. The highest BCUT2D eigenvalue weighted by Crippen LogP contribution is 2.30. The monoisotopic (exact) mass is 160 g/mol. The summed E-state index contributed by atoms with van der Waals surface area (Å²) in [5.74, 6) is 0. The summed E-state index contributed by atoms with van der Waals surface area (Å²) < 4.78 is 0. The standard InChI is InChI=1S/C9H17Cl/c1-6-8(10)7(2)9(3,4)5/h8H,2,6H2,1,3-5H3. The second-order valence-corrected chi connectivity index (χ2v) is 4.18. The predicted octanol–water partition coefficient (Wildman–Crippen LogP) is 3.61. The van der Waals surface area contributed by atoms with E-state index in [9.17, 15) is 0 Å². The third kappa shape index (κ3) is 2.74. The number of alkyl halides is 1. The van der Waals surface area contributed by atoms with E-state index in [1.54, 1.807) is 0 Å². The zero-order chi connectivity index (χ0) is 8.36. The van der Waals surface area contributed by atoms with Gasteiger partial charge in [-0.15, -0.1) is 11.6 Å². The molecule has 0 radical (unpaired) electrons. The van der Waals surface area contributed by atoms with Crippen LogP contribution in [0, 0.1) is 5.41 Å². The van der Waals surface area contributed by atoms with Gasteiger partial charge in [0.15, 0.2) is 0 Å². The van der Waals surface area contributed by atoms with E-state index in [1.807, 2.05) is 0 Å². The fourth-order valence-corrected chi connectivity index (χ4v) is 1.04. The lowest BCUT2D eigenvalue weighted by Gasteiger charge is -2.24. The highest BCUT2D eigenvalue weighted by atomic mass is 35.5. The van der Waals surface area contributed by atoms with Crippen LogP contribution in [0.1, 0.15) is 34.1 Å². The lowest BCUT2D eigenvalue weighted by atomic mass is 9.85. The summed E-state index contributed by atoms with van der Waals surface area (Å²) in [5, 5.41) is 0.139. The van der Waals surface area contributed by atoms with Crippen LogP contribution in [-0.2, 0) is 0 Å². The minimum Gasteiger partial charge on any atom is -0.118 e. The SMILES string of the molecule is C=C(C(Cl)CC)C(C)(C)C. The Hall–Kier alpha value is 0.0300. The Morgan fingerprint density at radius 3 is 2.00 bits per heavy atom. The van der Waals surface area contributed by atoms with E-state index < -0.39 is 0 Å². The average molecular weight is 161 g/mol. The van der Waals surface area contributed by atoms with Crippen molar-refractivity contribution in [2.75, 3.05) is 0 Å². The minimum absolute atomic E-state index is 0.139. The van der Waals surface area contributed by atoms with E-state index in [0.717, 1.165) is 12.0 Å². The van der Waals surface area contributed by atoms with Gasteiger partial charge in [0.05, 0.1) is 5.38 Å². The molecule has 0 N–H and O–H groups in total. The molecule has 0 aliphatic heterocycles. The zero-order valence-electron chi connectivity index (χ0n) is 7.37. The number of rotatable bonds is 2. The van der Waals surface area contributed by atoms with Gasteiger partial charge in [0, 0.05) is 0 Å². The first kappa shape index (κ1) is 10.0. The highest BCUT2D eigenvalue weighted by molar-refractivity contribution is 6.22. The van der Waals surface area contributed by atoms with E-state index >= 15 is 0 Å². The Labute approximate surface area is 69.3 Å². The molecule has 0 aromatic rings. The highest BCUT2D eigenvalue weighted by Gasteiger charge is 2.19. The van der Waals surface area contributed by atoms with Gasteiger partial charge in [-0.25, -0.2) is 0 Å². The molecule has 0 saturated heterocycles. The van der Waals surface area contributed by atoms with E-state index in [4.69, 9.17) is 11.6 Å². The molecule has 0 fully saturated rings. The molecular weight excluding hydrogens is 144 g/mol. The molecular formula is C9H17Cl. The summed E-state index contributed by atoms with van der Waals surface area (Å²) in [6, 6.07) is 0. The maximum absolute atomic E-state index is 6.00. The van der Waals surface area contributed by atoms with Crippen LogP contribution in [0.2, 0.25) is 0 Å². The molecule has 60 valence electrons. The lowest BCUT2D eigenvalue weighted by molar-refractivity contribution is 0.485. The molecule has 0 amide bonds. The lowest BCUT2D eigenvalue weighted by Crippen LogP contribution is -2.16. The van der Waals surface area contributed by atoms with Gasteiger partial charge >= 0.3 is 0 Å². The summed E-state index contributed by atoms with van der Waals surface area (Å²) >= 11 is 6.00. The molecule has 0 aliphatic carbocycles. The molecule has 0 spiro atoms. The number of hydrogen-bond donors (Lipinski definition) is 0. The van der Waals surface area contributed by atoms with Crippen LogP contribution >= 0.6 is 11.6 Å². The van der Waals surface area contributed by atoms with Crippen LogP contribution in [0.15, 0.2) is 12.2 Å². The summed E-state index contributed by atoms with van der Waals surface area (Å²) in [4.78, 5) is 0. The van der Waals surface area contributed by atoms with Crippen molar-refractivity contribution in [1.82, 2.24) is 0 Å². The van der Waals surface area contributed by atoms with Crippen LogP contribution < -0.4 is 0 Å². The van der Waals surface area contributed by atoms with Crippen molar-refractivity contribution in [3.63, 3.8) is 0 Å². The summed E-state index contributed by atoms with van der Waals surface area (Å²) in [7, 11) is 0. The number of hydrogen-bond acceptors (Lipinski definition) is 0. The Morgan fingerprint density at radius 1 is 1.50 bits per heavy atom. The molecule has 0 saturated carbocycles. The fraction of sp³-hybridized carbons (Fsp3) is 0.778. The third-order valence-electron chi connectivity index (χ3n) is 1.70. The normalized spacial score (nSPS) is 14.9. The summed E-state index contributed by atoms with van der Waals surface area (Å²) in [5.41, 5.74) is 1.29. The molecule has 0 aliphatic rings. The minimum atomic E-state index is 0.139. The molecule has 0 rings (SSSR count). The van der Waals surface area contributed by atoms with Crippen LogP contribution in [0.4, 0.5) is 0 Å². The second-order valence-electron chi connectivity index (χ2n) is 3.65.